The first-order chi connectivity index (χ1) is 9.92. The summed E-state index contributed by atoms with van der Waals surface area (Å²) in [6, 6.07) is 0.561. The van der Waals surface area contributed by atoms with Crippen LogP contribution in [-0.4, -0.2) is 79.0 Å². The van der Waals surface area contributed by atoms with Crippen LogP contribution in [0.5, 0.6) is 0 Å². The Kier molecular flexibility index (Phi) is 5.97. The van der Waals surface area contributed by atoms with Crippen LogP contribution in [0.3, 0.4) is 0 Å². The number of hydrogen-bond acceptors (Lipinski definition) is 3. The molecule has 3 nitrogen and oxygen atoms in total. The molecule has 2 rings (SSSR count). The smallest absolute Gasteiger partial charge is 0.264 e. The van der Waals surface area contributed by atoms with E-state index in [0.717, 1.165) is 45.7 Å². The molecule has 1 unspecified atom stereocenters. The van der Waals surface area contributed by atoms with Gasteiger partial charge in [0.05, 0.1) is 6.54 Å². The number of hydrogen-bond donors (Lipinski definition) is 0. The minimum Gasteiger partial charge on any atom is -0.300 e. The molecule has 0 N–H and O–H groups in total. The SMILES string of the molecule is CCCN1CCC(CN2CCN(C(C)C)CC2)C(F)(F)C1. The van der Waals surface area contributed by atoms with Gasteiger partial charge in [-0.15, -0.1) is 0 Å². The van der Waals surface area contributed by atoms with E-state index in [1.807, 2.05) is 4.90 Å². The van der Waals surface area contributed by atoms with E-state index < -0.39 is 11.8 Å². The molecule has 0 spiro atoms. The fraction of sp³-hybridized carbons (Fsp3) is 1.00. The molecule has 5 heteroatoms. The van der Waals surface area contributed by atoms with Gasteiger partial charge in [0, 0.05) is 44.7 Å². The molecule has 0 bridgehead atoms. The molecule has 0 aromatic rings. The number of piperazine rings is 1. The van der Waals surface area contributed by atoms with Crippen LogP contribution in [0.2, 0.25) is 0 Å². The maximum atomic E-state index is 14.3. The molecule has 2 aliphatic heterocycles. The van der Waals surface area contributed by atoms with Crippen molar-refractivity contribution < 1.29 is 8.78 Å². The molecule has 0 aliphatic carbocycles. The summed E-state index contributed by atoms with van der Waals surface area (Å²) < 4.78 is 28.6. The van der Waals surface area contributed by atoms with E-state index in [9.17, 15) is 8.78 Å². The van der Waals surface area contributed by atoms with E-state index in [1.54, 1.807) is 0 Å². The number of likely N-dealkylation sites (tertiary alicyclic amines) is 1. The van der Waals surface area contributed by atoms with Gasteiger partial charge in [-0.05, 0) is 39.8 Å². The van der Waals surface area contributed by atoms with Gasteiger partial charge in [-0.1, -0.05) is 6.92 Å². The molecule has 0 aromatic carbocycles. The van der Waals surface area contributed by atoms with Crippen LogP contribution in [0.15, 0.2) is 0 Å². The molecule has 2 fully saturated rings. The van der Waals surface area contributed by atoms with E-state index >= 15 is 0 Å². The molecule has 1 atom stereocenters. The number of rotatable bonds is 5. The van der Waals surface area contributed by atoms with E-state index in [-0.39, 0.29) is 6.54 Å². The van der Waals surface area contributed by atoms with Gasteiger partial charge in [-0.3, -0.25) is 9.80 Å². The van der Waals surface area contributed by atoms with E-state index in [4.69, 9.17) is 0 Å². The zero-order chi connectivity index (χ0) is 15.5. The third kappa shape index (κ3) is 4.60. The summed E-state index contributed by atoms with van der Waals surface area (Å²) in [6.07, 6.45) is 1.59. The van der Waals surface area contributed by atoms with Gasteiger partial charge in [0.1, 0.15) is 0 Å². The quantitative estimate of drug-likeness (QED) is 0.772. The summed E-state index contributed by atoms with van der Waals surface area (Å²) in [4.78, 5) is 6.60. The van der Waals surface area contributed by atoms with Crippen LogP contribution in [0.4, 0.5) is 8.78 Å². The molecule has 2 heterocycles. The average molecular weight is 303 g/mol. The van der Waals surface area contributed by atoms with Gasteiger partial charge in [0.2, 0.25) is 0 Å². The number of alkyl halides is 2. The van der Waals surface area contributed by atoms with Crippen LogP contribution in [0.1, 0.15) is 33.6 Å². The monoisotopic (exact) mass is 303 g/mol. The highest BCUT2D eigenvalue weighted by Crippen LogP contribution is 2.33. The van der Waals surface area contributed by atoms with Gasteiger partial charge in [-0.2, -0.15) is 0 Å². The first-order valence-corrected chi connectivity index (χ1v) is 8.49. The lowest BCUT2D eigenvalue weighted by Crippen LogP contribution is -2.55. The second-order valence-corrected chi connectivity index (χ2v) is 6.95. The molecule has 0 amide bonds. The number of halogens is 2. The lowest BCUT2D eigenvalue weighted by Gasteiger charge is -2.43. The lowest BCUT2D eigenvalue weighted by atomic mass is 9.91. The summed E-state index contributed by atoms with van der Waals surface area (Å²) >= 11 is 0. The lowest BCUT2D eigenvalue weighted by molar-refractivity contribution is -0.120. The summed E-state index contributed by atoms with van der Waals surface area (Å²) in [5.74, 6) is -2.99. The molecule has 0 saturated carbocycles. The molecule has 21 heavy (non-hydrogen) atoms. The van der Waals surface area contributed by atoms with Crippen LogP contribution in [-0.2, 0) is 0 Å². The number of nitrogens with zero attached hydrogens (tertiary/aromatic N) is 3. The third-order valence-electron chi connectivity index (χ3n) is 4.98. The summed E-state index contributed by atoms with van der Waals surface area (Å²) in [7, 11) is 0. The normalized spacial score (nSPS) is 29.1. The van der Waals surface area contributed by atoms with Gasteiger partial charge in [0.15, 0.2) is 0 Å². The van der Waals surface area contributed by atoms with Crippen LogP contribution in [0.25, 0.3) is 0 Å². The van der Waals surface area contributed by atoms with Gasteiger partial charge in [-0.25, -0.2) is 8.78 Å². The van der Waals surface area contributed by atoms with Crippen molar-refractivity contribution in [2.24, 2.45) is 5.92 Å². The van der Waals surface area contributed by atoms with Crippen molar-refractivity contribution >= 4 is 0 Å². The molecule has 2 saturated heterocycles. The Hall–Kier alpha value is -0.260. The predicted molar refractivity (Wildman–Crippen MR) is 82.9 cm³/mol. The highest BCUT2D eigenvalue weighted by atomic mass is 19.3. The third-order valence-corrected chi connectivity index (χ3v) is 4.98. The molecule has 0 aromatic heterocycles. The maximum absolute atomic E-state index is 14.3. The molecular weight excluding hydrogens is 272 g/mol. The Morgan fingerprint density at radius 3 is 2.24 bits per heavy atom. The van der Waals surface area contributed by atoms with Gasteiger partial charge >= 0.3 is 0 Å². The average Bonchev–Trinajstić information content (AvgIpc) is 2.42. The standard InChI is InChI=1S/C16H31F2N3/c1-4-6-20-7-5-15(16(17,18)13-20)12-19-8-10-21(11-9-19)14(2)3/h14-15H,4-13H2,1-3H3. The minimum absolute atomic E-state index is 0.0442. The number of piperidine rings is 1. The Labute approximate surface area is 128 Å². The first kappa shape index (κ1) is 17.1. The second kappa shape index (κ2) is 7.34. The van der Waals surface area contributed by atoms with E-state index in [2.05, 4.69) is 30.6 Å². The Morgan fingerprint density at radius 1 is 1.05 bits per heavy atom. The first-order valence-electron chi connectivity index (χ1n) is 8.49. The van der Waals surface area contributed by atoms with Gasteiger partial charge < -0.3 is 4.90 Å². The highest BCUT2D eigenvalue weighted by Gasteiger charge is 2.44. The largest absolute Gasteiger partial charge is 0.300 e. The van der Waals surface area contributed by atoms with Gasteiger partial charge in [0.25, 0.3) is 5.92 Å². The molecule has 0 radical (unpaired) electrons. The van der Waals surface area contributed by atoms with Crippen molar-refractivity contribution in [2.75, 3.05) is 52.4 Å². The van der Waals surface area contributed by atoms with Crippen molar-refractivity contribution in [1.29, 1.82) is 0 Å². The van der Waals surface area contributed by atoms with E-state index in [1.165, 1.54) is 0 Å². The molecule has 124 valence electrons. The summed E-state index contributed by atoms with van der Waals surface area (Å²) in [5, 5.41) is 0. The summed E-state index contributed by atoms with van der Waals surface area (Å²) in [5.41, 5.74) is 0. The zero-order valence-electron chi connectivity index (χ0n) is 13.8. The fourth-order valence-corrected chi connectivity index (χ4v) is 3.56. The van der Waals surface area contributed by atoms with E-state index in [0.29, 0.717) is 19.0 Å². The van der Waals surface area contributed by atoms with Crippen LogP contribution < -0.4 is 0 Å². The molecular formula is C16H31F2N3. The fourth-order valence-electron chi connectivity index (χ4n) is 3.56. The van der Waals surface area contributed by atoms with Crippen LogP contribution in [0, 0.1) is 5.92 Å². The topological polar surface area (TPSA) is 9.72 Å². The minimum atomic E-state index is -2.53. The van der Waals surface area contributed by atoms with Crippen molar-refractivity contribution in [1.82, 2.24) is 14.7 Å². The zero-order valence-corrected chi connectivity index (χ0v) is 13.8. The summed E-state index contributed by atoms with van der Waals surface area (Å²) in [6.45, 7) is 12.5. The van der Waals surface area contributed by atoms with Crippen LogP contribution >= 0.6 is 0 Å². The van der Waals surface area contributed by atoms with Crippen molar-refractivity contribution in [3.05, 3.63) is 0 Å². The predicted octanol–water partition coefficient (Wildman–Crippen LogP) is 2.38. The Bertz CT molecular complexity index is 315. The molecule has 2 aliphatic rings. The van der Waals surface area contributed by atoms with Crippen molar-refractivity contribution in [3.8, 4) is 0 Å². The second-order valence-electron chi connectivity index (χ2n) is 6.95. The highest BCUT2D eigenvalue weighted by molar-refractivity contribution is 4.89. The van der Waals surface area contributed by atoms with Crippen molar-refractivity contribution in [2.45, 2.75) is 45.6 Å². The van der Waals surface area contributed by atoms with Crippen molar-refractivity contribution in [3.63, 3.8) is 0 Å². The Morgan fingerprint density at radius 2 is 1.71 bits per heavy atom. The maximum Gasteiger partial charge on any atom is 0.264 e. The Balaban J connectivity index is 1.81.